The lowest BCUT2D eigenvalue weighted by molar-refractivity contribution is 0.411. The Labute approximate surface area is 126 Å². The summed E-state index contributed by atoms with van der Waals surface area (Å²) in [6.45, 7) is 4.88. The number of rotatable bonds is 3. The summed E-state index contributed by atoms with van der Waals surface area (Å²) in [6, 6.07) is 10.4. The predicted octanol–water partition coefficient (Wildman–Crippen LogP) is 2.63. The summed E-state index contributed by atoms with van der Waals surface area (Å²) >= 11 is 0. The van der Waals surface area contributed by atoms with E-state index in [1.54, 1.807) is 0 Å². The molecule has 1 saturated heterocycles. The number of aryl methyl sites for hydroxylation is 1. The molecule has 0 bridgehead atoms. The first-order valence-corrected chi connectivity index (χ1v) is 7.61. The second-order valence-electron chi connectivity index (χ2n) is 5.77. The van der Waals surface area contributed by atoms with Gasteiger partial charge >= 0.3 is 0 Å². The number of aromatic nitrogens is 2. The number of nitrogens with two attached hydrogens (primary N) is 1. The van der Waals surface area contributed by atoms with Crippen molar-refractivity contribution in [2.24, 2.45) is 11.7 Å². The standard InChI is InChI=1S/C17H22N4/c1-13-2-4-15(5-3-13)16-6-9-19-17(20-16)21-10-7-14(12-18)8-11-21/h2-6,9,14H,7-8,10-12,18H2,1H3. The molecule has 1 aliphatic heterocycles. The molecular formula is C17H22N4. The SMILES string of the molecule is Cc1ccc(-c2ccnc(N3CCC(CN)CC3)n2)cc1. The molecular weight excluding hydrogens is 260 g/mol. The first-order chi connectivity index (χ1) is 10.3. The zero-order valence-corrected chi connectivity index (χ0v) is 12.5. The maximum absolute atomic E-state index is 5.75. The van der Waals surface area contributed by atoms with E-state index in [-0.39, 0.29) is 0 Å². The molecule has 1 aliphatic rings. The second-order valence-corrected chi connectivity index (χ2v) is 5.77. The van der Waals surface area contributed by atoms with Crippen LogP contribution in [0, 0.1) is 12.8 Å². The zero-order chi connectivity index (χ0) is 14.7. The summed E-state index contributed by atoms with van der Waals surface area (Å²) in [6.07, 6.45) is 4.12. The Kier molecular flexibility index (Phi) is 4.15. The van der Waals surface area contributed by atoms with E-state index in [1.807, 2.05) is 12.3 Å². The number of anilines is 1. The zero-order valence-electron chi connectivity index (χ0n) is 12.5. The van der Waals surface area contributed by atoms with Gasteiger partial charge in [0.1, 0.15) is 0 Å². The normalized spacial score (nSPS) is 16.2. The van der Waals surface area contributed by atoms with Gasteiger partial charge in [-0.25, -0.2) is 9.97 Å². The Hall–Kier alpha value is -1.94. The first kappa shape index (κ1) is 14.0. The second kappa shape index (κ2) is 6.22. The van der Waals surface area contributed by atoms with Crippen LogP contribution in [0.5, 0.6) is 0 Å². The lowest BCUT2D eigenvalue weighted by Gasteiger charge is -2.31. The van der Waals surface area contributed by atoms with E-state index >= 15 is 0 Å². The molecule has 0 aliphatic carbocycles. The van der Waals surface area contributed by atoms with Crippen LogP contribution in [0.1, 0.15) is 18.4 Å². The Bertz CT molecular complexity index is 586. The van der Waals surface area contributed by atoms with Gasteiger partial charge in [0.05, 0.1) is 5.69 Å². The number of piperidine rings is 1. The third-order valence-electron chi connectivity index (χ3n) is 4.22. The molecule has 1 aromatic carbocycles. The Morgan fingerprint density at radius 3 is 2.52 bits per heavy atom. The smallest absolute Gasteiger partial charge is 0.225 e. The lowest BCUT2D eigenvalue weighted by atomic mass is 9.97. The summed E-state index contributed by atoms with van der Waals surface area (Å²) in [5.74, 6) is 1.49. The molecule has 110 valence electrons. The fraction of sp³-hybridized carbons (Fsp3) is 0.412. The summed E-state index contributed by atoms with van der Waals surface area (Å²) in [7, 11) is 0. The molecule has 4 nitrogen and oxygen atoms in total. The highest BCUT2D eigenvalue weighted by Gasteiger charge is 2.20. The van der Waals surface area contributed by atoms with Crippen LogP contribution in [0.4, 0.5) is 5.95 Å². The first-order valence-electron chi connectivity index (χ1n) is 7.61. The van der Waals surface area contributed by atoms with Crippen molar-refractivity contribution < 1.29 is 0 Å². The van der Waals surface area contributed by atoms with E-state index < -0.39 is 0 Å². The molecule has 2 aromatic rings. The van der Waals surface area contributed by atoms with Gasteiger partial charge in [-0.15, -0.1) is 0 Å². The molecule has 0 unspecified atom stereocenters. The topological polar surface area (TPSA) is 55.0 Å². The van der Waals surface area contributed by atoms with Crippen LogP contribution in [0.15, 0.2) is 36.5 Å². The van der Waals surface area contributed by atoms with Gasteiger partial charge in [0.2, 0.25) is 5.95 Å². The summed E-state index contributed by atoms with van der Waals surface area (Å²) in [4.78, 5) is 11.4. The minimum atomic E-state index is 0.654. The molecule has 1 aromatic heterocycles. The van der Waals surface area contributed by atoms with E-state index in [0.29, 0.717) is 5.92 Å². The highest BCUT2D eigenvalue weighted by atomic mass is 15.2. The molecule has 0 spiro atoms. The van der Waals surface area contributed by atoms with Crippen LogP contribution in [-0.2, 0) is 0 Å². The highest BCUT2D eigenvalue weighted by Crippen LogP contribution is 2.23. The van der Waals surface area contributed by atoms with Crippen molar-refractivity contribution in [3.63, 3.8) is 0 Å². The van der Waals surface area contributed by atoms with Gasteiger partial charge in [0.15, 0.2) is 0 Å². The minimum Gasteiger partial charge on any atom is -0.341 e. The third-order valence-corrected chi connectivity index (χ3v) is 4.22. The van der Waals surface area contributed by atoms with Crippen LogP contribution in [-0.4, -0.2) is 29.6 Å². The van der Waals surface area contributed by atoms with Gasteiger partial charge in [-0.3, -0.25) is 0 Å². The molecule has 2 heterocycles. The number of hydrogen-bond acceptors (Lipinski definition) is 4. The van der Waals surface area contributed by atoms with Crippen molar-refractivity contribution in [3.8, 4) is 11.3 Å². The lowest BCUT2D eigenvalue weighted by Crippen LogP contribution is -2.37. The van der Waals surface area contributed by atoms with Gasteiger partial charge in [-0.2, -0.15) is 0 Å². The number of nitrogens with zero attached hydrogens (tertiary/aromatic N) is 3. The molecule has 1 fully saturated rings. The highest BCUT2D eigenvalue weighted by molar-refractivity contribution is 5.60. The van der Waals surface area contributed by atoms with Gasteiger partial charge in [0.25, 0.3) is 0 Å². The van der Waals surface area contributed by atoms with Gasteiger partial charge < -0.3 is 10.6 Å². The van der Waals surface area contributed by atoms with E-state index in [1.165, 1.54) is 5.56 Å². The fourth-order valence-corrected chi connectivity index (χ4v) is 2.75. The van der Waals surface area contributed by atoms with Crippen molar-refractivity contribution >= 4 is 5.95 Å². The van der Waals surface area contributed by atoms with Crippen LogP contribution < -0.4 is 10.6 Å². The average molecular weight is 282 g/mol. The largest absolute Gasteiger partial charge is 0.341 e. The van der Waals surface area contributed by atoms with Crippen molar-refractivity contribution in [1.82, 2.24) is 9.97 Å². The molecule has 0 saturated carbocycles. The van der Waals surface area contributed by atoms with Crippen molar-refractivity contribution in [2.75, 3.05) is 24.5 Å². The van der Waals surface area contributed by atoms with Crippen LogP contribution >= 0.6 is 0 Å². The predicted molar refractivity (Wildman–Crippen MR) is 86.2 cm³/mol. The van der Waals surface area contributed by atoms with Crippen molar-refractivity contribution in [2.45, 2.75) is 19.8 Å². The maximum Gasteiger partial charge on any atom is 0.225 e. The number of hydrogen-bond donors (Lipinski definition) is 1. The summed E-state index contributed by atoms with van der Waals surface area (Å²) in [5, 5.41) is 0. The van der Waals surface area contributed by atoms with Crippen molar-refractivity contribution in [1.29, 1.82) is 0 Å². The Balaban J connectivity index is 1.79. The van der Waals surface area contributed by atoms with Crippen LogP contribution in [0.2, 0.25) is 0 Å². The van der Waals surface area contributed by atoms with Crippen LogP contribution in [0.3, 0.4) is 0 Å². The fourth-order valence-electron chi connectivity index (χ4n) is 2.75. The van der Waals surface area contributed by atoms with Gasteiger partial charge in [0, 0.05) is 24.8 Å². The van der Waals surface area contributed by atoms with E-state index in [0.717, 1.165) is 49.7 Å². The van der Waals surface area contributed by atoms with E-state index in [9.17, 15) is 0 Å². The van der Waals surface area contributed by atoms with Gasteiger partial charge in [-0.05, 0) is 38.3 Å². The monoisotopic (exact) mass is 282 g/mol. The minimum absolute atomic E-state index is 0.654. The number of benzene rings is 1. The molecule has 0 radical (unpaired) electrons. The molecule has 21 heavy (non-hydrogen) atoms. The Morgan fingerprint density at radius 1 is 1.14 bits per heavy atom. The summed E-state index contributed by atoms with van der Waals surface area (Å²) < 4.78 is 0. The summed E-state index contributed by atoms with van der Waals surface area (Å²) in [5.41, 5.74) is 9.14. The van der Waals surface area contributed by atoms with E-state index in [2.05, 4.69) is 41.1 Å². The quantitative estimate of drug-likeness (QED) is 0.940. The molecule has 0 atom stereocenters. The average Bonchev–Trinajstić information content (AvgIpc) is 2.56. The molecule has 3 rings (SSSR count). The van der Waals surface area contributed by atoms with Crippen LogP contribution in [0.25, 0.3) is 11.3 Å². The molecule has 0 amide bonds. The van der Waals surface area contributed by atoms with Gasteiger partial charge in [-0.1, -0.05) is 29.8 Å². The molecule has 2 N–H and O–H groups in total. The third kappa shape index (κ3) is 3.22. The maximum atomic E-state index is 5.75. The van der Waals surface area contributed by atoms with Crippen molar-refractivity contribution in [3.05, 3.63) is 42.1 Å². The Morgan fingerprint density at radius 2 is 1.86 bits per heavy atom. The molecule has 4 heteroatoms. The van der Waals surface area contributed by atoms with E-state index in [4.69, 9.17) is 10.7 Å².